The van der Waals surface area contributed by atoms with Crippen LogP contribution in [0.2, 0.25) is 0 Å². The monoisotopic (exact) mass is 408 g/mol. The molecule has 0 atom stereocenters. The molecule has 0 bridgehead atoms. The van der Waals surface area contributed by atoms with Gasteiger partial charge in [0.05, 0.1) is 10.6 Å². The van der Waals surface area contributed by atoms with Crippen molar-refractivity contribution in [2.75, 3.05) is 26.2 Å². The van der Waals surface area contributed by atoms with E-state index in [1.807, 2.05) is 20.8 Å². The van der Waals surface area contributed by atoms with Crippen LogP contribution in [0.3, 0.4) is 0 Å². The van der Waals surface area contributed by atoms with Crippen LogP contribution in [0.5, 0.6) is 0 Å². The number of nitrogens with zero attached hydrogens (tertiary/aromatic N) is 4. The highest BCUT2D eigenvalue weighted by Gasteiger charge is 2.32. The van der Waals surface area contributed by atoms with E-state index in [4.69, 9.17) is 0 Å². The molecule has 1 amide bonds. The number of piperazine rings is 1. The van der Waals surface area contributed by atoms with Crippen molar-refractivity contribution in [2.45, 2.75) is 31.1 Å². The van der Waals surface area contributed by atoms with Crippen molar-refractivity contribution in [1.29, 1.82) is 0 Å². The molecular weight excluding hydrogens is 383 g/mol. The Labute approximate surface area is 164 Å². The Hall–Kier alpha value is -2.26. The summed E-state index contributed by atoms with van der Waals surface area (Å²) in [4.78, 5) is 14.6. The molecule has 0 aliphatic carbocycles. The molecule has 7 nitrogen and oxygen atoms in total. The van der Waals surface area contributed by atoms with E-state index in [1.54, 1.807) is 22.7 Å². The number of halogens is 1. The minimum Gasteiger partial charge on any atom is -0.335 e. The smallest absolute Gasteiger partial charge is 0.272 e. The minimum absolute atomic E-state index is 0.0510. The van der Waals surface area contributed by atoms with Crippen LogP contribution in [-0.2, 0) is 22.5 Å². The summed E-state index contributed by atoms with van der Waals surface area (Å²) in [6.07, 6.45) is 0. The molecule has 1 aliphatic rings. The SMILES string of the molecule is Cn1nc(C(C)(C)C)cc1C(=O)N1CCN(S(=O)(=O)c2ccc(F)cc2)CC1. The molecule has 0 saturated carbocycles. The van der Waals surface area contributed by atoms with E-state index in [2.05, 4.69) is 5.10 Å². The lowest BCUT2D eigenvalue weighted by Crippen LogP contribution is -2.50. The first-order chi connectivity index (χ1) is 13.0. The number of sulfonamides is 1. The Morgan fingerprint density at radius 1 is 1.07 bits per heavy atom. The minimum atomic E-state index is -3.70. The molecule has 3 rings (SSSR count). The van der Waals surface area contributed by atoms with Crippen LogP contribution in [0.15, 0.2) is 35.2 Å². The average molecular weight is 408 g/mol. The third-order valence-corrected chi connectivity index (χ3v) is 6.76. The molecule has 1 saturated heterocycles. The van der Waals surface area contributed by atoms with Crippen molar-refractivity contribution in [2.24, 2.45) is 7.05 Å². The van der Waals surface area contributed by atoms with Gasteiger partial charge < -0.3 is 4.90 Å². The Morgan fingerprint density at radius 2 is 1.64 bits per heavy atom. The number of amides is 1. The first-order valence-corrected chi connectivity index (χ1v) is 10.5. The first kappa shape index (κ1) is 20.5. The standard InChI is InChI=1S/C19H25FN4O3S/c1-19(2,3)17-13-16(22(4)21-17)18(25)23-9-11-24(12-10-23)28(26,27)15-7-5-14(20)6-8-15/h5-8,13H,9-12H2,1-4H3. The van der Waals surface area contributed by atoms with Crippen molar-refractivity contribution in [3.05, 3.63) is 47.5 Å². The second-order valence-corrected chi connectivity index (χ2v) is 9.88. The maximum Gasteiger partial charge on any atom is 0.272 e. The van der Waals surface area contributed by atoms with Gasteiger partial charge in [-0.15, -0.1) is 0 Å². The van der Waals surface area contributed by atoms with E-state index in [0.29, 0.717) is 5.69 Å². The van der Waals surface area contributed by atoms with Gasteiger partial charge in [0.25, 0.3) is 5.91 Å². The van der Waals surface area contributed by atoms with Gasteiger partial charge in [-0.2, -0.15) is 9.40 Å². The van der Waals surface area contributed by atoms with Gasteiger partial charge in [-0.3, -0.25) is 9.48 Å². The third kappa shape index (κ3) is 3.95. The number of carbonyl (C=O) groups excluding carboxylic acids is 1. The third-order valence-electron chi connectivity index (χ3n) is 4.84. The highest BCUT2D eigenvalue weighted by molar-refractivity contribution is 7.89. The summed E-state index contributed by atoms with van der Waals surface area (Å²) < 4.78 is 41.4. The van der Waals surface area contributed by atoms with E-state index >= 15 is 0 Å². The zero-order valence-corrected chi connectivity index (χ0v) is 17.3. The van der Waals surface area contributed by atoms with Crippen molar-refractivity contribution >= 4 is 15.9 Å². The second kappa shape index (κ2) is 7.29. The summed E-state index contributed by atoms with van der Waals surface area (Å²) in [7, 11) is -1.97. The van der Waals surface area contributed by atoms with E-state index in [0.717, 1.165) is 17.8 Å². The number of rotatable bonds is 3. The molecule has 1 fully saturated rings. The molecule has 0 N–H and O–H groups in total. The average Bonchev–Trinajstić information content (AvgIpc) is 3.04. The zero-order chi connectivity index (χ0) is 20.7. The van der Waals surface area contributed by atoms with Gasteiger partial charge in [-0.1, -0.05) is 20.8 Å². The van der Waals surface area contributed by atoms with Gasteiger partial charge in [-0.25, -0.2) is 12.8 Å². The normalized spacial score (nSPS) is 16.4. The molecule has 2 aromatic rings. The van der Waals surface area contributed by atoms with Crippen molar-refractivity contribution in [3.63, 3.8) is 0 Å². The number of aryl methyl sites for hydroxylation is 1. The fraction of sp³-hybridized carbons (Fsp3) is 0.474. The molecule has 1 aliphatic heterocycles. The second-order valence-electron chi connectivity index (χ2n) is 7.94. The van der Waals surface area contributed by atoms with Crippen molar-refractivity contribution < 1.29 is 17.6 Å². The van der Waals surface area contributed by atoms with Crippen LogP contribution in [0, 0.1) is 5.82 Å². The molecule has 9 heteroatoms. The molecular formula is C19H25FN4O3S. The lowest BCUT2D eigenvalue weighted by Gasteiger charge is -2.33. The number of carbonyl (C=O) groups is 1. The fourth-order valence-electron chi connectivity index (χ4n) is 3.08. The lowest BCUT2D eigenvalue weighted by atomic mass is 9.92. The maximum atomic E-state index is 13.1. The summed E-state index contributed by atoms with van der Waals surface area (Å²) in [6, 6.07) is 6.56. The summed E-state index contributed by atoms with van der Waals surface area (Å²) in [5, 5.41) is 4.43. The first-order valence-electron chi connectivity index (χ1n) is 9.09. The van der Waals surface area contributed by atoms with Gasteiger partial charge in [0.15, 0.2) is 0 Å². The summed E-state index contributed by atoms with van der Waals surface area (Å²) >= 11 is 0. The Morgan fingerprint density at radius 3 is 2.14 bits per heavy atom. The molecule has 1 aromatic carbocycles. The summed E-state index contributed by atoms with van der Waals surface area (Å²) in [6.45, 7) is 7.05. The van der Waals surface area contributed by atoms with E-state index in [-0.39, 0.29) is 42.4 Å². The van der Waals surface area contributed by atoms with Gasteiger partial charge in [0, 0.05) is 38.6 Å². The van der Waals surface area contributed by atoms with E-state index in [9.17, 15) is 17.6 Å². The van der Waals surface area contributed by atoms with Crippen LogP contribution in [-0.4, -0.2) is 59.5 Å². The molecule has 2 heterocycles. The Balaban J connectivity index is 1.71. The summed E-state index contributed by atoms with van der Waals surface area (Å²) in [5.41, 5.74) is 1.15. The molecule has 1 aromatic heterocycles. The Kier molecular flexibility index (Phi) is 5.33. The van der Waals surface area contributed by atoms with Gasteiger partial charge in [0.2, 0.25) is 10.0 Å². The molecule has 0 unspecified atom stereocenters. The molecule has 0 spiro atoms. The van der Waals surface area contributed by atoms with Crippen LogP contribution in [0.25, 0.3) is 0 Å². The van der Waals surface area contributed by atoms with Crippen LogP contribution >= 0.6 is 0 Å². The molecule has 28 heavy (non-hydrogen) atoms. The predicted molar refractivity (Wildman–Crippen MR) is 103 cm³/mol. The number of hydrogen-bond acceptors (Lipinski definition) is 4. The van der Waals surface area contributed by atoms with Gasteiger partial charge >= 0.3 is 0 Å². The van der Waals surface area contributed by atoms with Crippen LogP contribution < -0.4 is 0 Å². The largest absolute Gasteiger partial charge is 0.335 e. The van der Waals surface area contributed by atoms with Crippen molar-refractivity contribution in [1.82, 2.24) is 19.0 Å². The quantitative estimate of drug-likeness (QED) is 0.779. The zero-order valence-electron chi connectivity index (χ0n) is 16.5. The molecule has 0 radical (unpaired) electrons. The predicted octanol–water partition coefficient (Wildman–Crippen LogP) is 2.00. The van der Waals surface area contributed by atoms with E-state index < -0.39 is 15.8 Å². The maximum absolute atomic E-state index is 13.1. The number of aromatic nitrogens is 2. The summed E-state index contributed by atoms with van der Waals surface area (Å²) in [5.74, 6) is -0.649. The van der Waals surface area contributed by atoms with Gasteiger partial charge in [-0.05, 0) is 30.3 Å². The number of hydrogen-bond donors (Lipinski definition) is 0. The lowest BCUT2D eigenvalue weighted by molar-refractivity contribution is 0.0687. The van der Waals surface area contributed by atoms with Crippen LogP contribution in [0.4, 0.5) is 4.39 Å². The van der Waals surface area contributed by atoms with Crippen LogP contribution in [0.1, 0.15) is 37.0 Å². The van der Waals surface area contributed by atoms with Gasteiger partial charge in [0.1, 0.15) is 11.5 Å². The fourth-order valence-corrected chi connectivity index (χ4v) is 4.51. The highest BCUT2D eigenvalue weighted by atomic mass is 32.2. The Bertz CT molecular complexity index is 970. The van der Waals surface area contributed by atoms with E-state index in [1.165, 1.54) is 16.4 Å². The number of benzene rings is 1. The topological polar surface area (TPSA) is 75.5 Å². The van der Waals surface area contributed by atoms with Crippen molar-refractivity contribution in [3.8, 4) is 0 Å². The molecule has 152 valence electrons. The highest BCUT2D eigenvalue weighted by Crippen LogP contribution is 2.23.